The first-order chi connectivity index (χ1) is 58.9. The summed E-state index contributed by atoms with van der Waals surface area (Å²) in [6, 6.07) is 152. The second kappa shape index (κ2) is 42.2. The predicted molar refractivity (Wildman–Crippen MR) is 483 cm³/mol. The van der Waals surface area contributed by atoms with Crippen LogP contribution in [-0.2, 0) is 42.1 Å². The van der Waals surface area contributed by atoms with E-state index in [1.165, 1.54) is 55.9 Å². The van der Waals surface area contributed by atoms with Crippen molar-refractivity contribution >= 4 is 28.4 Å². The van der Waals surface area contributed by atoms with Gasteiger partial charge in [-0.2, -0.15) is 106 Å². The fraction of sp³-hybridized carbons (Fsp3) is 0.00943. The Morgan fingerprint density at radius 1 is 0.331 bits per heavy atom. The van der Waals surface area contributed by atoms with Crippen molar-refractivity contribution in [2.24, 2.45) is 0 Å². The van der Waals surface area contributed by atoms with Crippen LogP contribution in [0.1, 0.15) is 0 Å². The Balaban J connectivity index is 0.000000119. The Labute approximate surface area is 739 Å². The molecule has 12 nitrogen and oxygen atoms in total. The number of para-hydroxylation sites is 4. The first kappa shape index (κ1) is 83.2. The molecule has 0 saturated carbocycles. The SMILES string of the molecule is CN1[CH-]N(c2[c-]ccc(-c3ccccc3)c2)c2ccccc21.[Pt+4].[Pt].[c-]1ccc(-c2ccccc2)cc1-c1nccs1.[c-]1ccccc1-c1cc(-c2ccccc2)n[n-]1.[c-]1ccccc1-c1nc(-c2ccccc2)n[n-]1.[c-]1ccccc1-n1cc(-c2ccc(-c3ccccc3)cc2)cn1.[c-]1ccccc1-n1cc(-c2ccc(-c3ccccc3)cc2)cn1. The quantitative estimate of drug-likeness (QED) is 0.0973. The van der Waals surface area contributed by atoms with Crippen LogP contribution in [-0.4, -0.2) is 46.8 Å². The Kier molecular flexibility index (Phi) is 29.0. The van der Waals surface area contributed by atoms with Crippen molar-refractivity contribution in [2.45, 2.75) is 0 Å². The molecule has 0 saturated heterocycles. The molecule has 1 aliphatic heterocycles. The van der Waals surface area contributed by atoms with Crippen LogP contribution in [0.25, 0.3) is 134 Å². The van der Waals surface area contributed by atoms with E-state index in [9.17, 15) is 0 Å². The van der Waals surface area contributed by atoms with E-state index in [0.29, 0.717) is 11.6 Å². The van der Waals surface area contributed by atoms with Crippen LogP contribution in [0.2, 0.25) is 0 Å². The molecule has 0 radical (unpaired) electrons. The molecule has 0 atom stereocenters. The van der Waals surface area contributed by atoms with E-state index in [4.69, 9.17) is 0 Å². The maximum Gasteiger partial charge on any atom is 4.00 e. The van der Waals surface area contributed by atoms with Gasteiger partial charge in [0.05, 0.1) is 12.4 Å². The molecule has 121 heavy (non-hydrogen) atoms. The van der Waals surface area contributed by atoms with Crippen molar-refractivity contribution in [2.75, 3.05) is 16.8 Å². The summed E-state index contributed by atoms with van der Waals surface area (Å²) in [6.45, 7) is 2.10. The molecule has 0 aliphatic carbocycles. The Morgan fingerprint density at radius 3 is 1.21 bits per heavy atom. The number of thiazole rings is 1. The zero-order valence-corrected chi connectivity index (χ0v) is 70.8. The number of benzene rings is 15. The summed E-state index contributed by atoms with van der Waals surface area (Å²) in [5.74, 6) is 1.27. The number of hydrogen-bond donors (Lipinski definition) is 0. The molecule has 0 unspecified atom stereocenters. The third-order valence-corrected chi connectivity index (χ3v) is 20.1. The topological polar surface area (TPSA) is 122 Å². The number of rotatable bonds is 14. The van der Waals surface area contributed by atoms with Gasteiger partial charge >= 0.3 is 21.1 Å². The second-order valence-electron chi connectivity index (χ2n) is 27.2. The Morgan fingerprint density at radius 2 is 0.736 bits per heavy atom. The summed E-state index contributed by atoms with van der Waals surface area (Å²) in [5, 5.41) is 28.4. The summed E-state index contributed by atoms with van der Waals surface area (Å²) < 4.78 is 3.70. The summed E-state index contributed by atoms with van der Waals surface area (Å²) in [7, 11) is 2.07. The molecule has 0 bridgehead atoms. The molecular weight excluding hydrogens is 1860 g/mol. The van der Waals surface area contributed by atoms with Crippen LogP contribution in [0, 0.1) is 43.1 Å². The van der Waals surface area contributed by atoms with Gasteiger partial charge in [-0.1, -0.05) is 249 Å². The number of nitrogens with zero attached hydrogens (tertiary/aromatic N) is 12. The number of hydrogen-bond acceptors (Lipinski definition) is 9. The van der Waals surface area contributed by atoms with E-state index in [1.807, 2.05) is 246 Å². The molecule has 5 aromatic heterocycles. The molecule has 590 valence electrons. The van der Waals surface area contributed by atoms with Crippen LogP contribution in [0.15, 0.2) is 431 Å². The molecule has 15 aromatic carbocycles. The predicted octanol–water partition coefficient (Wildman–Crippen LogP) is 24.9. The minimum atomic E-state index is 0. The second-order valence-corrected chi connectivity index (χ2v) is 28.1. The van der Waals surface area contributed by atoms with Gasteiger partial charge in [0.15, 0.2) is 0 Å². The van der Waals surface area contributed by atoms with Gasteiger partial charge in [-0.3, -0.25) is 19.4 Å². The first-order valence-electron chi connectivity index (χ1n) is 38.7. The van der Waals surface area contributed by atoms with Gasteiger partial charge in [0.25, 0.3) is 0 Å². The van der Waals surface area contributed by atoms with E-state index < -0.39 is 0 Å². The fourth-order valence-electron chi connectivity index (χ4n) is 13.2. The number of anilines is 3. The average Bonchev–Trinajstić information content (AvgIpc) is 1.64. The maximum absolute atomic E-state index is 4.43. The van der Waals surface area contributed by atoms with Crippen LogP contribution in [0.5, 0.6) is 0 Å². The smallest absolute Gasteiger partial charge is 0.618 e. The molecule has 21 rings (SSSR count). The monoisotopic (exact) mass is 1940 g/mol. The van der Waals surface area contributed by atoms with E-state index in [-0.39, 0.29) is 42.1 Å². The molecule has 0 fully saturated rings. The van der Waals surface area contributed by atoms with Crippen LogP contribution >= 0.6 is 11.3 Å². The standard InChI is InChI=1S/2C21H15N2.C20H16N2.C15H10N2.C15H10NS.C14H9N3.2Pt/c2*1-3-7-17(8-4-1)18-11-13-19(14-12-18)20-15-22-23(16-20)21-9-5-2-6-10-21;1-21-15-22(20-13-6-5-12-19(20)21)18-11-7-10-17(14-18)16-8-3-2-4-9-16;1-3-7-12(8-4-1)14-11-15(17-16-14)13-9-5-2-6-10-13;1-2-5-12(6-3-1)13-7-4-8-14(11-13)15-16-9-10-17-15;1-3-7-11(8-4-1)13-15-14(17-16-13)12-9-5-2-6-10-12;;/h2*1-9,11-16H;2-10,12-15H,1H3;1-9,11H;1-7,9-11H;1-9H;;/q2*-1;2*-2;-1;-2;;+4. The summed E-state index contributed by atoms with van der Waals surface area (Å²) in [4.78, 5) is 13.0. The maximum atomic E-state index is 4.43. The van der Waals surface area contributed by atoms with Gasteiger partial charge in [0.2, 0.25) is 0 Å². The van der Waals surface area contributed by atoms with Crippen molar-refractivity contribution in [3.05, 3.63) is 474 Å². The third-order valence-electron chi connectivity index (χ3n) is 19.3. The average molecular weight is 1940 g/mol. The molecule has 0 N–H and O–H groups in total. The van der Waals surface area contributed by atoms with Gasteiger partial charge in [-0.15, -0.1) is 131 Å². The third kappa shape index (κ3) is 21.9. The van der Waals surface area contributed by atoms with Crippen LogP contribution in [0.3, 0.4) is 0 Å². The Bertz CT molecular complexity index is 6050. The normalized spacial score (nSPS) is 10.8. The minimum Gasteiger partial charge on any atom is -0.618 e. The summed E-state index contributed by atoms with van der Waals surface area (Å²) in [5.41, 5.74) is 26.3. The molecule has 1 aliphatic rings. The molecule has 20 aromatic rings. The zero-order valence-electron chi connectivity index (χ0n) is 65.5. The summed E-state index contributed by atoms with van der Waals surface area (Å²) in [6.07, 6.45) is 9.66. The van der Waals surface area contributed by atoms with Crippen LogP contribution in [0.4, 0.5) is 17.1 Å². The molecule has 15 heteroatoms. The number of fused-ring (bicyclic) bond motifs is 1. The zero-order chi connectivity index (χ0) is 80.4. The van der Waals surface area contributed by atoms with Gasteiger partial charge in [-0.05, 0) is 86.2 Å². The van der Waals surface area contributed by atoms with Gasteiger partial charge < -0.3 is 30.1 Å². The summed E-state index contributed by atoms with van der Waals surface area (Å²) >= 11 is 1.64. The van der Waals surface area contributed by atoms with Crippen molar-refractivity contribution < 1.29 is 42.1 Å². The van der Waals surface area contributed by atoms with Gasteiger partial charge in [0.1, 0.15) is 0 Å². The van der Waals surface area contributed by atoms with E-state index in [1.54, 1.807) is 11.3 Å². The molecular formula is C106H75N12Pt2S-5. The largest absolute Gasteiger partial charge is 4.00 e. The molecule has 0 amide bonds. The fourth-order valence-corrected chi connectivity index (χ4v) is 13.8. The van der Waals surface area contributed by atoms with Crippen LogP contribution < -0.4 is 20.0 Å². The molecule has 0 spiro atoms. The van der Waals surface area contributed by atoms with E-state index in [2.05, 4.69) is 295 Å². The van der Waals surface area contributed by atoms with Gasteiger partial charge in [0, 0.05) is 84.1 Å². The van der Waals surface area contributed by atoms with E-state index in [0.717, 1.165) is 83.5 Å². The van der Waals surface area contributed by atoms with Gasteiger partial charge in [-0.25, -0.2) is 5.69 Å². The molecule has 6 heterocycles. The Hall–Kier alpha value is -14.3. The van der Waals surface area contributed by atoms with Crippen molar-refractivity contribution in [3.63, 3.8) is 0 Å². The van der Waals surface area contributed by atoms with Crippen molar-refractivity contribution in [1.82, 2.24) is 49.9 Å². The van der Waals surface area contributed by atoms with Crippen molar-refractivity contribution in [3.8, 4) is 134 Å². The van der Waals surface area contributed by atoms with E-state index >= 15 is 0 Å². The first-order valence-corrected chi connectivity index (χ1v) is 39.6. The number of aromatic nitrogens is 10. The van der Waals surface area contributed by atoms with Crippen molar-refractivity contribution in [1.29, 1.82) is 0 Å². The minimum absolute atomic E-state index is 0.